The molecule has 0 radical (unpaired) electrons. The van der Waals surface area contributed by atoms with Crippen LogP contribution in [0.5, 0.6) is 5.75 Å². The summed E-state index contributed by atoms with van der Waals surface area (Å²) in [6.07, 6.45) is 0. The molecule has 4 rings (SSSR count). The lowest BCUT2D eigenvalue weighted by atomic mass is 10.1. The van der Waals surface area contributed by atoms with E-state index in [9.17, 15) is 19.2 Å². The summed E-state index contributed by atoms with van der Waals surface area (Å²) >= 11 is 5.82. The molecule has 0 saturated carbocycles. The van der Waals surface area contributed by atoms with Crippen molar-refractivity contribution in [2.45, 2.75) is 6.54 Å². The van der Waals surface area contributed by atoms with E-state index in [0.29, 0.717) is 27.4 Å². The summed E-state index contributed by atoms with van der Waals surface area (Å²) in [5.41, 5.74) is 1.77. The van der Waals surface area contributed by atoms with Crippen LogP contribution in [0.15, 0.2) is 66.7 Å². The zero-order valence-corrected chi connectivity index (χ0v) is 18.8. The number of amides is 3. The van der Waals surface area contributed by atoms with Crippen LogP contribution in [0, 0.1) is 0 Å². The van der Waals surface area contributed by atoms with Crippen molar-refractivity contribution >= 4 is 41.0 Å². The maximum Gasteiger partial charge on any atom is 0.342 e. The van der Waals surface area contributed by atoms with Crippen LogP contribution in [0.3, 0.4) is 0 Å². The lowest BCUT2D eigenvalue weighted by Crippen LogP contribution is -2.29. The molecule has 1 aliphatic rings. The number of benzene rings is 3. The Labute approximate surface area is 200 Å². The molecule has 0 atom stereocenters. The fourth-order valence-electron chi connectivity index (χ4n) is 3.52. The molecule has 3 amide bonds. The fraction of sp³-hybridized carbons (Fsp3) is 0.120. The molecule has 1 N–H and O–H groups in total. The van der Waals surface area contributed by atoms with Crippen LogP contribution in [0.1, 0.15) is 36.6 Å². The van der Waals surface area contributed by atoms with Gasteiger partial charge in [-0.25, -0.2) is 4.79 Å². The van der Waals surface area contributed by atoms with Crippen LogP contribution in [0.25, 0.3) is 0 Å². The van der Waals surface area contributed by atoms with Crippen LogP contribution in [-0.2, 0) is 16.1 Å². The highest BCUT2D eigenvalue weighted by Crippen LogP contribution is 2.27. The number of fused-ring (bicyclic) bond motifs is 1. The SMILES string of the molecule is COc1ccc(CN2C(=O)c3ccccc3C2=O)cc1C(=O)OCC(=O)Nc1ccc(Cl)cc1. The number of esters is 1. The van der Waals surface area contributed by atoms with Gasteiger partial charge in [-0.3, -0.25) is 19.3 Å². The first kappa shape index (κ1) is 23.0. The molecule has 0 bridgehead atoms. The number of carbonyl (C=O) groups is 4. The summed E-state index contributed by atoms with van der Waals surface area (Å²) in [6.45, 7) is -0.555. The number of halogens is 1. The maximum atomic E-state index is 12.7. The highest BCUT2D eigenvalue weighted by atomic mass is 35.5. The topological polar surface area (TPSA) is 102 Å². The molecular weight excluding hydrogens is 460 g/mol. The molecule has 34 heavy (non-hydrogen) atoms. The van der Waals surface area contributed by atoms with Crippen molar-refractivity contribution in [1.82, 2.24) is 4.90 Å². The third-order valence-corrected chi connectivity index (χ3v) is 5.42. The summed E-state index contributed by atoms with van der Waals surface area (Å²) in [5, 5.41) is 3.12. The van der Waals surface area contributed by atoms with Crippen molar-refractivity contribution in [1.29, 1.82) is 0 Å². The summed E-state index contributed by atoms with van der Waals surface area (Å²) < 4.78 is 10.4. The molecule has 8 nitrogen and oxygen atoms in total. The van der Waals surface area contributed by atoms with Crippen molar-refractivity contribution in [2.24, 2.45) is 0 Å². The number of hydrogen-bond acceptors (Lipinski definition) is 6. The Hall–Kier alpha value is -4.17. The Kier molecular flexibility index (Phi) is 6.60. The molecule has 0 saturated heterocycles. The van der Waals surface area contributed by atoms with Crippen molar-refractivity contribution < 1.29 is 28.7 Å². The first-order chi connectivity index (χ1) is 16.4. The van der Waals surface area contributed by atoms with E-state index in [1.54, 1.807) is 54.6 Å². The van der Waals surface area contributed by atoms with Crippen molar-refractivity contribution in [3.63, 3.8) is 0 Å². The van der Waals surface area contributed by atoms with Crippen LogP contribution in [0.2, 0.25) is 5.02 Å². The van der Waals surface area contributed by atoms with Gasteiger partial charge in [0.1, 0.15) is 11.3 Å². The predicted molar refractivity (Wildman–Crippen MR) is 124 cm³/mol. The van der Waals surface area contributed by atoms with Gasteiger partial charge in [0.15, 0.2) is 6.61 Å². The van der Waals surface area contributed by atoms with Gasteiger partial charge in [-0.15, -0.1) is 0 Å². The molecular formula is C25H19ClN2O6. The van der Waals surface area contributed by atoms with Gasteiger partial charge in [-0.2, -0.15) is 0 Å². The Morgan fingerprint density at radius 1 is 0.941 bits per heavy atom. The van der Waals surface area contributed by atoms with E-state index in [-0.39, 0.29) is 17.9 Å². The molecule has 172 valence electrons. The smallest absolute Gasteiger partial charge is 0.342 e. The minimum absolute atomic E-state index is 0.0341. The van der Waals surface area contributed by atoms with Gasteiger partial charge in [0, 0.05) is 10.7 Å². The van der Waals surface area contributed by atoms with E-state index < -0.39 is 30.3 Å². The van der Waals surface area contributed by atoms with E-state index >= 15 is 0 Å². The molecule has 9 heteroatoms. The largest absolute Gasteiger partial charge is 0.496 e. The van der Waals surface area contributed by atoms with E-state index in [2.05, 4.69) is 5.32 Å². The third kappa shape index (κ3) is 4.77. The summed E-state index contributed by atoms with van der Waals surface area (Å²) in [7, 11) is 1.39. The molecule has 1 heterocycles. The zero-order valence-electron chi connectivity index (χ0n) is 18.0. The quantitative estimate of drug-likeness (QED) is 0.407. The van der Waals surface area contributed by atoms with Gasteiger partial charge in [0.05, 0.1) is 24.8 Å². The van der Waals surface area contributed by atoms with Crippen molar-refractivity contribution in [2.75, 3.05) is 19.0 Å². The number of carbonyl (C=O) groups excluding carboxylic acids is 4. The van der Waals surface area contributed by atoms with Crippen LogP contribution in [0.4, 0.5) is 5.69 Å². The summed E-state index contributed by atoms with van der Waals surface area (Å²) in [5.74, 6) is -1.89. The summed E-state index contributed by atoms with van der Waals surface area (Å²) in [4.78, 5) is 51.2. The van der Waals surface area contributed by atoms with Gasteiger partial charge < -0.3 is 14.8 Å². The molecule has 0 spiro atoms. The number of ether oxygens (including phenoxy) is 2. The standard InChI is InChI=1S/C25H19ClN2O6/c1-33-21-11-6-15(13-28-23(30)18-4-2-3-5-19(18)24(28)31)12-20(21)25(32)34-14-22(29)27-17-9-7-16(26)8-10-17/h2-12H,13-14H2,1H3,(H,27,29). The van der Waals surface area contributed by atoms with Gasteiger partial charge in [0.25, 0.3) is 17.7 Å². The van der Waals surface area contributed by atoms with E-state index in [1.807, 2.05) is 0 Å². The van der Waals surface area contributed by atoms with Crippen LogP contribution in [-0.4, -0.2) is 42.3 Å². The molecule has 0 fully saturated rings. The molecule has 0 unspecified atom stereocenters. The van der Waals surface area contributed by atoms with Gasteiger partial charge in [-0.05, 0) is 54.1 Å². The van der Waals surface area contributed by atoms with Gasteiger partial charge >= 0.3 is 5.97 Å². The first-order valence-electron chi connectivity index (χ1n) is 10.2. The highest BCUT2D eigenvalue weighted by Gasteiger charge is 2.35. The normalized spacial score (nSPS) is 12.4. The average molecular weight is 479 g/mol. The Morgan fingerprint density at radius 3 is 2.21 bits per heavy atom. The van der Waals surface area contributed by atoms with Crippen LogP contribution >= 0.6 is 11.6 Å². The Balaban J connectivity index is 1.44. The summed E-state index contributed by atoms with van der Waals surface area (Å²) in [6, 6.07) is 17.7. The highest BCUT2D eigenvalue weighted by molar-refractivity contribution is 6.30. The number of nitrogens with one attached hydrogen (secondary N) is 1. The zero-order chi connectivity index (χ0) is 24.2. The number of imide groups is 1. The fourth-order valence-corrected chi connectivity index (χ4v) is 3.64. The average Bonchev–Trinajstić information content (AvgIpc) is 3.09. The number of anilines is 1. The number of rotatable bonds is 7. The predicted octanol–water partition coefficient (Wildman–Crippen LogP) is 3.94. The molecule has 3 aromatic rings. The number of hydrogen-bond donors (Lipinski definition) is 1. The second kappa shape index (κ2) is 9.76. The molecule has 0 aromatic heterocycles. The lowest BCUT2D eigenvalue weighted by Gasteiger charge is -2.16. The van der Waals surface area contributed by atoms with E-state index in [1.165, 1.54) is 19.2 Å². The lowest BCUT2D eigenvalue weighted by molar-refractivity contribution is -0.119. The van der Waals surface area contributed by atoms with Crippen LogP contribution < -0.4 is 10.1 Å². The van der Waals surface area contributed by atoms with Crippen molar-refractivity contribution in [3.05, 3.63) is 94.0 Å². The monoisotopic (exact) mass is 478 g/mol. The maximum absolute atomic E-state index is 12.7. The molecule has 0 aliphatic carbocycles. The van der Waals surface area contributed by atoms with Gasteiger partial charge in [0.2, 0.25) is 0 Å². The molecule has 3 aromatic carbocycles. The third-order valence-electron chi connectivity index (χ3n) is 5.17. The number of nitrogens with zero attached hydrogens (tertiary/aromatic N) is 1. The second-order valence-corrected chi connectivity index (χ2v) is 7.84. The van der Waals surface area contributed by atoms with E-state index in [4.69, 9.17) is 21.1 Å². The Bertz CT molecular complexity index is 1250. The minimum Gasteiger partial charge on any atom is -0.496 e. The minimum atomic E-state index is -0.785. The second-order valence-electron chi connectivity index (χ2n) is 7.41. The van der Waals surface area contributed by atoms with Crippen molar-refractivity contribution in [3.8, 4) is 5.75 Å². The molecule has 1 aliphatic heterocycles. The first-order valence-corrected chi connectivity index (χ1v) is 10.6. The van der Waals surface area contributed by atoms with E-state index in [0.717, 1.165) is 4.90 Å². The number of methoxy groups -OCH3 is 1. The Morgan fingerprint density at radius 2 is 1.59 bits per heavy atom. The van der Waals surface area contributed by atoms with Gasteiger partial charge in [-0.1, -0.05) is 29.8 Å².